The molecule has 48 heavy (non-hydrogen) atoms. The van der Waals surface area contributed by atoms with Crippen LogP contribution in [0.1, 0.15) is 59.6 Å². The molecule has 6 rings (SSSR count). The molecule has 0 saturated heterocycles. The maximum atomic E-state index is 2.42. The van der Waals surface area contributed by atoms with Crippen molar-refractivity contribution >= 4 is 22.7 Å². The summed E-state index contributed by atoms with van der Waals surface area (Å²) in [5.74, 6) is 0.704. The first-order chi connectivity index (χ1) is 23.4. The van der Waals surface area contributed by atoms with Crippen LogP contribution in [0, 0.1) is 20.8 Å². The average molecular weight is 631 g/mol. The first kappa shape index (κ1) is 34.3. The second kappa shape index (κ2) is 17.2. The molecule has 0 amide bonds. The minimum Gasteiger partial charge on any atom is -0.340 e. The molecule has 0 heterocycles. The molecule has 0 radical (unpaired) electrons. The number of hydrogen-bond acceptors (Lipinski definition) is 2. The monoisotopic (exact) mass is 630 g/mol. The van der Waals surface area contributed by atoms with Gasteiger partial charge in [-0.1, -0.05) is 140 Å². The topological polar surface area (TPSA) is 6.48 Å². The summed E-state index contributed by atoms with van der Waals surface area (Å²) in [6.45, 7) is 12.6. The molecule has 6 aromatic carbocycles. The van der Waals surface area contributed by atoms with Crippen LogP contribution in [0.5, 0.6) is 0 Å². The molecule has 2 nitrogen and oxygen atoms in total. The van der Waals surface area contributed by atoms with Crippen LogP contribution in [0.3, 0.4) is 0 Å². The molecule has 0 aliphatic carbocycles. The third kappa shape index (κ3) is 9.72. The molecule has 1 unspecified atom stereocenters. The Kier molecular flexibility index (Phi) is 12.3. The molecule has 1 atom stereocenters. The summed E-state index contributed by atoms with van der Waals surface area (Å²) < 4.78 is 0. The van der Waals surface area contributed by atoms with Gasteiger partial charge in [0.15, 0.2) is 0 Å². The van der Waals surface area contributed by atoms with Gasteiger partial charge in [0.1, 0.15) is 0 Å². The SMILES string of the molecule is CCC(C)c1ccc(C)cc1.Cc1ccc(Cc2ccc(N(CCN(c3ccccc3)c3ccc(C)cc3)c3ccccc3)cc2)cc1. The van der Waals surface area contributed by atoms with E-state index in [9.17, 15) is 0 Å². The van der Waals surface area contributed by atoms with Crippen LogP contribution in [0.4, 0.5) is 22.7 Å². The van der Waals surface area contributed by atoms with Crippen LogP contribution in [-0.4, -0.2) is 13.1 Å². The van der Waals surface area contributed by atoms with Crippen molar-refractivity contribution in [3.05, 3.63) is 191 Å². The molecule has 0 saturated carbocycles. The van der Waals surface area contributed by atoms with Gasteiger partial charge in [0.2, 0.25) is 0 Å². The molecule has 0 bridgehead atoms. The molecule has 0 spiro atoms. The van der Waals surface area contributed by atoms with E-state index in [-0.39, 0.29) is 0 Å². The lowest BCUT2D eigenvalue weighted by Gasteiger charge is -2.31. The predicted molar refractivity (Wildman–Crippen MR) is 208 cm³/mol. The summed E-state index contributed by atoms with van der Waals surface area (Å²) in [4.78, 5) is 4.82. The van der Waals surface area contributed by atoms with Gasteiger partial charge in [-0.05, 0) is 105 Å². The number of aryl methyl sites for hydroxylation is 3. The number of anilines is 4. The van der Waals surface area contributed by atoms with Crippen LogP contribution in [0.15, 0.2) is 158 Å². The van der Waals surface area contributed by atoms with Gasteiger partial charge >= 0.3 is 0 Å². The van der Waals surface area contributed by atoms with E-state index in [0.717, 1.165) is 19.5 Å². The first-order valence-corrected chi connectivity index (χ1v) is 17.3. The Hall–Kier alpha value is -5.08. The van der Waals surface area contributed by atoms with E-state index in [0.29, 0.717) is 5.92 Å². The maximum absolute atomic E-state index is 2.42. The van der Waals surface area contributed by atoms with E-state index in [4.69, 9.17) is 0 Å². The molecular weight excluding hydrogens is 581 g/mol. The lowest BCUT2D eigenvalue weighted by Crippen LogP contribution is -2.30. The van der Waals surface area contributed by atoms with Crippen molar-refractivity contribution in [2.75, 3.05) is 22.9 Å². The largest absolute Gasteiger partial charge is 0.340 e. The van der Waals surface area contributed by atoms with Gasteiger partial charge < -0.3 is 9.80 Å². The molecule has 0 N–H and O–H groups in total. The van der Waals surface area contributed by atoms with E-state index < -0.39 is 0 Å². The summed E-state index contributed by atoms with van der Waals surface area (Å²) in [6, 6.07) is 56.9. The van der Waals surface area contributed by atoms with Gasteiger partial charge in [-0.3, -0.25) is 0 Å². The van der Waals surface area contributed by atoms with Crippen LogP contribution in [0.25, 0.3) is 0 Å². The van der Waals surface area contributed by atoms with Crippen LogP contribution in [0.2, 0.25) is 0 Å². The number of rotatable bonds is 11. The van der Waals surface area contributed by atoms with E-state index in [1.807, 2.05) is 0 Å². The molecule has 244 valence electrons. The first-order valence-electron chi connectivity index (χ1n) is 17.3. The van der Waals surface area contributed by atoms with Gasteiger partial charge in [0.05, 0.1) is 0 Å². The van der Waals surface area contributed by atoms with Crippen molar-refractivity contribution in [2.45, 2.75) is 53.4 Å². The van der Waals surface area contributed by atoms with Crippen LogP contribution >= 0.6 is 0 Å². The minimum absolute atomic E-state index is 0.704. The van der Waals surface area contributed by atoms with Crippen molar-refractivity contribution in [3.8, 4) is 0 Å². The van der Waals surface area contributed by atoms with Gasteiger partial charge in [-0.25, -0.2) is 0 Å². The molecule has 0 aliphatic rings. The molecule has 2 heteroatoms. The molecule has 0 aliphatic heterocycles. The van der Waals surface area contributed by atoms with Gasteiger partial charge in [0, 0.05) is 35.8 Å². The summed E-state index contributed by atoms with van der Waals surface area (Å²) >= 11 is 0. The van der Waals surface area contributed by atoms with E-state index in [1.165, 1.54) is 62.6 Å². The van der Waals surface area contributed by atoms with Gasteiger partial charge in [-0.2, -0.15) is 0 Å². The Morgan fingerprint density at radius 1 is 0.417 bits per heavy atom. The standard InChI is InChI=1S/C35H34N2.C11H16/c1-28-13-17-30(18-14-28)27-31-19-23-35(24-20-31)37(33-11-7-4-8-12-33)26-25-36(32-9-5-3-6-10-32)34-21-15-29(2)16-22-34;1-4-10(3)11-7-5-9(2)6-8-11/h3-24H,25-27H2,1-2H3;5-8,10H,4H2,1-3H3. The minimum atomic E-state index is 0.704. The van der Waals surface area contributed by atoms with Crippen LogP contribution in [-0.2, 0) is 6.42 Å². The number of benzene rings is 6. The highest BCUT2D eigenvalue weighted by molar-refractivity contribution is 5.66. The van der Waals surface area contributed by atoms with Crippen molar-refractivity contribution in [1.82, 2.24) is 0 Å². The highest BCUT2D eigenvalue weighted by Crippen LogP contribution is 2.29. The fraction of sp³-hybridized carbons (Fsp3) is 0.217. The zero-order chi connectivity index (χ0) is 33.7. The molecule has 0 fully saturated rings. The second-order valence-electron chi connectivity index (χ2n) is 12.9. The van der Waals surface area contributed by atoms with Gasteiger partial charge in [0.25, 0.3) is 0 Å². The van der Waals surface area contributed by atoms with Crippen molar-refractivity contribution < 1.29 is 0 Å². The Morgan fingerprint density at radius 3 is 1.17 bits per heavy atom. The summed E-state index contributed by atoms with van der Waals surface area (Å²) in [7, 11) is 0. The smallest absolute Gasteiger partial charge is 0.0411 e. The number of nitrogens with zero attached hydrogens (tertiary/aromatic N) is 2. The molecule has 6 aromatic rings. The predicted octanol–water partition coefficient (Wildman–Crippen LogP) is 12.4. The Morgan fingerprint density at radius 2 is 0.750 bits per heavy atom. The Balaban J connectivity index is 0.000000349. The molecule has 0 aromatic heterocycles. The number of para-hydroxylation sites is 2. The maximum Gasteiger partial charge on any atom is 0.0411 e. The zero-order valence-electron chi connectivity index (χ0n) is 29.3. The summed E-state index contributed by atoms with van der Waals surface area (Å²) in [6.07, 6.45) is 2.17. The van der Waals surface area contributed by atoms with Crippen molar-refractivity contribution in [2.24, 2.45) is 0 Å². The normalized spacial score (nSPS) is 11.3. The second-order valence-corrected chi connectivity index (χ2v) is 12.9. The van der Waals surface area contributed by atoms with Crippen LogP contribution < -0.4 is 9.80 Å². The zero-order valence-corrected chi connectivity index (χ0v) is 29.3. The van der Waals surface area contributed by atoms with E-state index in [2.05, 4.69) is 202 Å². The Bertz CT molecular complexity index is 1770. The van der Waals surface area contributed by atoms with Crippen molar-refractivity contribution in [3.63, 3.8) is 0 Å². The highest BCUT2D eigenvalue weighted by atomic mass is 15.2. The summed E-state index contributed by atoms with van der Waals surface area (Å²) in [5, 5.41) is 0. The Labute approximate surface area is 289 Å². The third-order valence-electron chi connectivity index (χ3n) is 9.06. The number of hydrogen-bond donors (Lipinski definition) is 0. The van der Waals surface area contributed by atoms with E-state index >= 15 is 0 Å². The lowest BCUT2D eigenvalue weighted by atomic mass is 9.98. The average Bonchev–Trinajstić information content (AvgIpc) is 3.13. The fourth-order valence-corrected chi connectivity index (χ4v) is 5.82. The fourth-order valence-electron chi connectivity index (χ4n) is 5.82. The quantitative estimate of drug-likeness (QED) is 0.141. The van der Waals surface area contributed by atoms with Crippen molar-refractivity contribution in [1.29, 1.82) is 0 Å². The summed E-state index contributed by atoms with van der Waals surface area (Å²) in [5.41, 5.74) is 12.9. The highest BCUT2D eigenvalue weighted by Gasteiger charge is 2.15. The lowest BCUT2D eigenvalue weighted by molar-refractivity contribution is 0.733. The van der Waals surface area contributed by atoms with Gasteiger partial charge in [-0.15, -0.1) is 0 Å². The third-order valence-corrected chi connectivity index (χ3v) is 9.06. The van der Waals surface area contributed by atoms with E-state index in [1.54, 1.807) is 0 Å². The molecular formula is C46H50N2.